The third-order valence-electron chi connectivity index (χ3n) is 3.25. The Bertz CT molecular complexity index is 389. The first kappa shape index (κ1) is 12.5. The Balaban J connectivity index is 2.33. The summed E-state index contributed by atoms with van der Waals surface area (Å²) in [7, 11) is 1.51. The molecule has 0 aromatic heterocycles. The van der Waals surface area contributed by atoms with Crippen molar-refractivity contribution in [1.29, 1.82) is 0 Å². The largest absolute Gasteiger partial charge is 0.380 e. The number of nitrogens with one attached hydrogen (secondary N) is 1. The third-order valence-corrected chi connectivity index (χ3v) is 3.25. The van der Waals surface area contributed by atoms with Gasteiger partial charge in [-0.2, -0.15) is 0 Å². The summed E-state index contributed by atoms with van der Waals surface area (Å²) in [5.41, 5.74) is 0.670. The van der Waals surface area contributed by atoms with Gasteiger partial charge in [-0.3, -0.25) is 0 Å². The molecule has 0 spiro atoms. The van der Waals surface area contributed by atoms with Crippen LogP contribution >= 0.6 is 0 Å². The van der Waals surface area contributed by atoms with Gasteiger partial charge in [-0.15, -0.1) is 0 Å². The van der Waals surface area contributed by atoms with Crippen LogP contribution in [0.2, 0.25) is 0 Å². The molecule has 94 valence electrons. The summed E-state index contributed by atoms with van der Waals surface area (Å²) in [5, 5.41) is 3.19. The summed E-state index contributed by atoms with van der Waals surface area (Å²) in [6, 6.07) is 2.80. The molecule has 1 aliphatic heterocycles. The van der Waals surface area contributed by atoms with Gasteiger partial charge in [-0.25, -0.2) is 8.78 Å². The van der Waals surface area contributed by atoms with Crippen molar-refractivity contribution in [3.8, 4) is 0 Å². The van der Waals surface area contributed by atoms with E-state index in [0.717, 1.165) is 25.9 Å². The maximum Gasteiger partial charge on any atom is 0.135 e. The molecule has 0 unspecified atom stereocenters. The molecule has 4 heteroatoms. The fourth-order valence-corrected chi connectivity index (χ4v) is 2.37. The van der Waals surface area contributed by atoms with Crippen LogP contribution in [0.25, 0.3) is 0 Å². The predicted molar refractivity (Wildman–Crippen MR) is 61.9 cm³/mol. The first-order valence-electron chi connectivity index (χ1n) is 5.90. The van der Waals surface area contributed by atoms with Crippen LogP contribution in [0.4, 0.5) is 8.78 Å². The highest BCUT2D eigenvalue weighted by molar-refractivity contribution is 5.30. The van der Waals surface area contributed by atoms with Crippen molar-refractivity contribution in [2.45, 2.75) is 25.4 Å². The lowest BCUT2D eigenvalue weighted by Crippen LogP contribution is -2.27. The first-order chi connectivity index (χ1) is 8.24. The van der Waals surface area contributed by atoms with Gasteiger partial charge in [0.25, 0.3) is 0 Å². The fraction of sp³-hybridized carbons (Fsp3) is 0.538. The lowest BCUT2D eigenvalue weighted by molar-refractivity contribution is 0.181. The Morgan fingerprint density at radius 2 is 2.00 bits per heavy atom. The van der Waals surface area contributed by atoms with Crippen molar-refractivity contribution in [3.63, 3.8) is 0 Å². The second-order valence-corrected chi connectivity index (χ2v) is 4.39. The maximum absolute atomic E-state index is 14.2. The lowest BCUT2D eigenvalue weighted by atomic mass is 9.88. The molecule has 1 saturated heterocycles. The molecule has 0 atom stereocenters. The van der Waals surface area contributed by atoms with Crippen LogP contribution in [0.5, 0.6) is 0 Å². The van der Waals surface area contributed by atoms with Gasteiger partial charge in [0.1, 0.15) is 11.6 Å². The van der Waals surface area contributed by atoms with Crippen LogP contribution in [-0.4, -0.2) is 20.2 Å². The molecular weight excluding hydrogens is 224 g/mol. The topological polar surface area (TPSA) is 21.3 Å². The summed E-state index contributed by atoms with van der Waals surface area (Å²) < 4.78 is 32.8. The number of halogens is 2. The number of benzene rings is 1. The molecular formula is C13H17F2NO. The number of hydrogen-bond acceptors (Lipinski definition) is 2. The molecule has 0 amide bonds. The van der Waals surface area contributed by atoms with E-state index in [9.17, 15) is 8.78 Å². The van der Waals surface area contributed by atoms with Gasteiger partial charge in [0.05, 0.1) is 6.61 Å². The summed E-state index contributed by atoms with van der Waals surface area (Å²) in [5.74, 6) is -0.888. The molecule has 0 bridgehead atoms. The molecule has 2 nitrogen and oxygen atoms in total. The van der Waals surface area contributed by atoms with Crippen molar-refractivity contribution in [3.05, 3.63) is 34.9 Å². The van der Waals surface area contributed by atoms with Gasteiger partial charge < -0.3 is 10.1 Å². The van der Waals surface area contributed by atoms with Crippen LogP contribution in [0.15, 0.2) is 12.1 Å². The summed E-state index contributed by atoms with van der Waals surface area (Å²) in [6.07, 6.45) is 1.56. The Kier molecular flexibility index (Phi) is 4.07. The number of rotatable bonds is 3. The van der Waals surface area contributed by atoms with Gasteiger partial charge in [0.2, 0.25) is 0 Å². The van der Waals surface area contributed by atoms with Crippen molar-refractivity contribution in [2.75, 3.05) is 20.2 Å². The molecule has 1 aromatic rings. The molecule has 0 saturated carbocycles. The fourth-order valence-electron chi connectivity index (χ4n) is 2.37. The smallest absolute Gasteiger partial charge is 0.135 e. The van der Waals surface area contributed by atoms with E-state index in [1.807, 2.05) is 0 Å². The second kappa shape index (κ2) is 5.56. The van der Waals surface area contributed by atoms with Crippen LogP contribution in [0.3, 0.4) is 0 Å². The quantitative estimate of drug-likeness (QED) is 0.878. The average molecular weight is 241 g/mol. The minimum atomic E-state index is -0.436. The van der Waals surface area contributed by atoms with Crippen molar-refractivity contribution in [2.24, 2.45) is 0 Å². The van der Waals surface area contributed by atoms with Gasteiger partial charge >= 0.3 is 0 Å². The first-order valence-corrected chi connectivity index (χ1v) is 5.90. The summed E-state index contributed by atoms with van der Waals surface area (Å²) >= 11 is 0. The molecule has 1 fully saturated rings. The average Bonchev–Trinajstić information content (AvgIpc) is 2.35. The van der Waals surface area contributed by atoms with Gasteiger partial charge in [-0.05, 0) is 37.9 Å². The third kappa shape index (κ3) is 2.64. The van der Waals surface area contributed by atoms with E-state index in [4.69, 9.17) is 4.74 Å². The molecule has 1 aromatic carbocycles. The van der Waals surface area contributed by atoms with Crippen LogP contribution < -0.4 is 5.32 Å². The van der Waals surface area contributed by atoms with E-state index in [1.54, 1.807) is 0 Å². The van der Waals surface area contributed by atoms with Crippen LogP contribution in [0.1, 0.15) is 29.9 Å². The number of piperidine rings is 1. The zero-order valence-electron chi connectivity index (χ0n) is 9.93. The minimum absolute atomic E-state index is 0.0203. The van der Waals surface area contributed by atoms with E-state index in [1.165, 1.54) is 19.2 Å². The Morgan fingerprint density at radius 3 is 2.65 bits per heavy atom. The van der Waals surface area contributed by atoms with E-state index in [2.05, 4.69) is 5.32 Å². The van der Waals surface area contributed by atoms with Crippen LogP contribution in [-0.2, 0) is 11.3 Å². The Labute approximate surface area is 100.0 Å². The second-order valence-electron chi connectivity index (χ2n) is 4.39. The molecule has 0 radical (unpaired) electrons. The Hall–Kier alpha value is -1.00. The Morgan fingerprint density at radius 1 is 1.29 bits per heavy atom. The summed E-state index contributed by atoms with van der Waals surface area (Å²) in [4.78, 5) is 0. The predicted octanol–water partition coefficient (Wildman–Crippen LogP) is 2.58. The molecule has 1 aliphatic rings. The highest BCUT2D eigenvalue weighted by Crippen LogP contribution is 2.31. The van der Waals surface area contributed by atoms with E-state index >= 15 is 0 Å². The normalized spacial score (nSPS) is 17.4. The van der Waals surface area contributed by atoms with Crippen molar-refractivity contribution in [1.82, 2.24) is 5.32 Å². The lowest BCUT2D eigenvalue weighted by Gasteiger charge is -2.24. The minimum Gasteiger partial charge on any atom is -0.380 e. The van der Waals surface area contributed by atoms with E-state index < -0.39 is 11.6 Å². The molecule has 17 heavy (non-hydrogen) atoms. The van der Waals surface area contributed by atoms with E-state index in [-0.39, 0.29) is 18.1 Å². The highest BCUT2D eigenvalue weighted by Gasteiger charge is 2.23. The zero-order chi connectivity index (χ0) is 12.3. The molecule has 2 rings (SSSR count). The van der Waals surface area contributed by atoms with E-state index in [0.29, 0.717) is 5.56 Å². The number of hydrogen-bond donors (Lipinski definition) is 1. The molecule has 1 N–H and O–H groups in total. The highest BCUT2D eigenvalue weighted by atomic mass is 19.1. The SMILES string of the molecule is COCc1ccc(F)c(C2CCNCC2)c1F. The zero-order valence-corrected chi connectivity index (χ0v) is 9.93. The molecule has 0 aliphatic carbocycles. The summed E-state index contributed by atoms with van der Waals surface area (Å²) in [6.45, 7) is 1.82. The number of ether oxygens (including phenoxy) is 1. The van der Waals surface area contributed by atoms with Crippen molar-refractivity contribution < 1.29 is 13.5 Å². The van der Waals surface area contributed by atoms with Gasteiger partial charge in [0, 0.05) is 18.2 Å². The van der Waals surface area contributed by atoms with Crippen molar-refractivity contribution >= 4 is 0 Å². The number of methoxy groups -OCH3 is 1. The monoisotopic (exact) mass is 241 g/mol. The maximum atomic E-state index is 14.2. The van der Waals surface area contributed by atoms with Gasteiger partial charge in [-0.1, -0.05) is 6.07 Å². The standard InChI is InChI=1S/C13H17F2NO/c1-17-8-10-2-3-11(14)12(13(10)15)9-4-6-16-7-5-9/h2-3,9,16H,4-8H2,1H3. The van der Waals surface area contributed by atoms with Gasteiger partial charge in [0.15, 0.2) is 0 Å². The molecule has 1 heterocycles. The van der Waals surface area contributed by atoms with Crippen LogP contribution in [0, 0.1) is 11.6 Å².